The fourth-order valence-corrected chi connectivity index (χ4v) is 7.72. The second kappa shape index (κ2) is 21.8. The molecule has 3 amide bonds. The number of aliphatic hydroxyl groups excluding tert-OH is 1. The van der Waals surface area contributed by atoms with Crippen LogP contribution in [-0.4, -0.2) is 88.8 Å². The van der Waals surface area contributed by atoms with E-state index in [0.717, 1.165) is 40.9 Å². The minimum Gasteiger partial charge on any atom is -0.506 e. The predicted molar refractivity (Wildman–Crippen MR) is 246 cm³/mol. The van der Waals surface area contributed by atoms with Crippen molar-refractivity contribution >= 4 is 52.3 Å². The van der Waals surface area contributed by atoms with Crippen molar-refractivity contribution in [2.75, 3.05) is 50.4 Å². The lowest BCUT2D eigenvalue weighted by Crippen LogP contribution is -2.40. The summed E-state index contributed by atoms with van der Waals surface area (Å²) >= 11 is 0. The number of amides is 3. The normalized spacial score (nSPS) is 13.6. The fraction of sp³-hybridized carbons (Fsp3) is 0.306. The molecular weight excluding hydrogens is 785 g/mol. The molecule has 0 bridgehead atoms. The molecule has 13 heteroatoms. The van der Waals surface area contributed by atoms with E-state index in [1.165, 1.54) is 12.1 Å². The number of carbonyl (C=O) groups is 3. The lowest BCUT2D eigenvalue weighted by atomic mass is 10.0. The molecule has 1 aliphatic rings. The van der Waals surface area contributed by atoms with Gasteiger partial charge in [0.25, 0.3) is 0 Å². The van der Waals surface area contributed by atoms with Crippen LogP contribution in [0, 0.1) is 0 Å². The number of phenols is 1. The summed E-state index contributed by atoms with van der Waals surface area (Å²) in [7, 11) is 1.79. The third-order valence-corrected chi connectivity index (χ3v) is 11.2. The number of fused-ring (bicyclic) bond motifs is 1. The van der Waals surface area contributed by atoms with Gasteiger partial charge in [-0.05, 0) is 83.8 Å². The van der Waals surface area contributed by atoms with Crippen molar-refractivity contribution in [3.05, 3.63) is 137 Å². The summed E-state index contributed by atoms with van der Waals surface area (Å²) in [5.74, 6) is -0.168. The molecule has 1 saturated heterocycles. The van der Waals surface area contributed by atoms with E-state index in [2.05, 4.69) is 39.0 Å². The predicted octanol–water partition coefficient (Wildman–Crippen LogP) is 7.68. The van der Waals surface area contributed by atoms with Crippen LogP contribution < -0.4 is 21.5 Å². The quantitative estimate of drug-likeness (QED) is 0.0456. The van der Waals surface area contributed by atoms with Crippen LogP contribution in [0.3, 0.4) is 0 Å². The van der Waals surface area contributed by atoms with Gasteiger partial charge in [0.1, 0.15) is 11.9 Å². The zero-order chi connectivity index (χ0) is 44.0. The number of piperidine rings is 1. The first kappa shape index (κ1) is 45.0. The standard InChI is InChI=1S/C49H56N6O7/c1-4-33-30-42(34(5-2)29-36(33)31-50-32-44(57)39-18-20-43(56)48-40(39)19-21-46(59)53-48)51-45(58)17-11-12-25-54(3)47(60)24-28-55-26-22-37(23-27-55)62-49(61)52-41-16-10-9-15-38(41)35-13-7-6-8-14-35/h4-10,13-16,18-21,29-30,37,44,50,56-57H,1-2,11-12,17,22-28,31-32H2,3H3,(H,51,58)(H,52,61)(H,53,59)/t44-/m0/s1. The maximum absolute atomic E-state index is 13.0. The highest BCUT2D eigenvalue weighted by molar-refractivity contribution is 5.94. The Bertz CT molecular complexity index is 2430. The van der Waals surface area contributed by atoms with Gasteiger partial charge in [-0.15, -0.1) is 0 Å². The molecule has 0 aliphatic carbocycles. The molecule has 5 aromatic rings. The number of aromatic hydroxyl groups is 1. The molecule has 1 aliphatic heterocycles. The molecule has 1 aromatic heterocycles. The number of phenolic OH excluding ortho intramolecular Hbond substituents is 1. The topological polar surface area (TPSA) is 176 Å². The van der Waals surface area contributed by atoms with E-state index in [1.54, 1.807) is 36.2 Å². The van der Waals surface area contributed by atoms with Crippen LogP contribution in [0.4, 0.5) is 16.2 Å². The first-order valence-electron chi connectivity index (χ1n) is 21.1. The van der Waals surface area contributed by atoms with E-state index < -0.39 is 12.2 Å². The number of hydrogen-bond donors (Lipinski definition) is 6. The van der Waals surface area contributed by atoms with Crippen molar-refractivity contribution < 1.29 is 29.3 Å². The number of unbranched alkanes of at least 4 members (excludes halogenated alkanes) is 1. The summed E-state index contributed by atoms with van der Waals surface area (Å²) in [4.78, 5) is 57.1. The number of nitrogens with zero attached hydrogens (tertiary/aromatic N) is 2. The molecule has 6 rings (SSSR count). The van der Waals surface area contributed by atoms with Gasteiger partial charge in [0.15, 0.2) is 0 Å². The molecule has 62 heavy (non-hydrogen) atoms. The number of ether oxygens (including phenoxy) is 1. The minimum atomic E-state index is -0.916. The lowest BCUT2D eigenvalue weighted by molar-refractivity contribution is -0.130. The number of carbonyl (C=O) groups excluding carboxylic acids is 3. The van der Waals surface area contributed by atoms with E-state index in [4.69, 9.17) is 4.74 Å². The van der Waals surface area contributed by atoms with Crippen LogP contribution in [0.15, 0.2) is 109 Å². The van der Waals surface area contributed by atoms with Crippen LogP contribution >= 0.6 is 0 Å². The first-order valence-corrected chi connectivity index (χ1v) is 21.1. The van der Waals surface area contributed by atoms with Crippen molar-refractivity contribution in [1.82, 2.24) is 20.1 Å². The van der Waals surface area contributed by atoms with E-state index in [0.29, 0.717) is 74.1 Å². The van der Waals surface area contributed by atoms with Crippen molar-refractivity contribution in [1.29, 1.82) is 0 Å². The van der Waals surface area contributed by atoms with Crippen LogP contribution in [-0.2, 0) is 20.9 Å². The Morgan fingerprint density at radius 1 is 0.903 bits per heavy atom. The highest BCUT2D eigenvalue weighted by atomic mass is 16.6. The highest BCUT2D eigenvalue weighted by Crippen LogP contribution is 2.30. The number of benzene rings is 4. The van der Waals surface area contributed by atoms with Gasteiger partial charge >= 0.3 is 6.09 Å². The first-order chi connectivity index (χ1) is 30.0. The zero-order valence-corrected chi connectivity index (χ0v) is 35.2. The number of aliphatic hydroxyl groups is 1. The molecule has 1 fully saturated rings. The van der Waals surface area contributed by atoms with Crippen LogP contribution in [0.2, 0.25) is 0 Å². The summed E-state index contributed by atoms with van der Waals surface area (Å²) < 4.78 is 5.77. The molecule has 0 spiro atoms. The van der Waals surface area contributed by atoms with Gasteiger partial charge in [-0.25, -0.2) is 4.79 Å². The number of aromatic nitrogens is 1. The third-order valence-electron chi connectivity index (χ3n) is 11.2. The summed E-state index contributed by atoms with van der Waals surface area (Å²) in [6.07, 6.45) is 5.16. The fourth-order valence-electron chi connectivity index (χ4n) is 7.72. The Morgan fingerprint density at radius 3 is 2.40 bits per heavy atom. The van der Waals surface area contributed by atoms with Crippen molar-refractivity contribution in [3.8, 4) is 16.9 Å². The number of hydrogen-bond acceptors (Lipinski definition) is 9. The molecule has 13 nitrogen and oxygen atoms in total. The number of para-hydroxylation sites is 1. The number of rotatable bonds is 19. The van der Waals surface area contributed by atoms with Crippen molar-refractivity contribution in [2.45, 2.75) is 57.3 Å². The summed E-state index contributed by atoms with van der Waals surface area (Å²) in [5, 5.41) is 30.9. The monoisotopic (exact) mass is 840 g/mol. The SMILES string of the molecule is C=Cc1cc(NC(=O)CCCCN(C)C(=O)CCN2CCC(OC(=O)Nc3ccccc3-c3ccccc3)CC2)c(C=C)cc1CNC[C@H](O)c1ccc(O)c2[nH]c(=O)ccc12. The maximum atomic E-state index is 13.0. The highest BCUT2D eigenvalue weighted by Gasteiger charge is 2.24. The Hall–Kier alpha value is -6.54. The third kappa shape index (κ3) is 12.1. The maximum Gasteiger partial charge on any atom is 0.411 e. The summed E-state index contributed by atoms with van der Waals surface area (Å²) in [5.41, 5.74) is 6.18. The van der Waals surface area contributed by atoms with Gasteiger partial charge in [0.05, 0.1) is 17.3 Å². The summed E-state index contributed by atoms with van der Waals surface area (Å²) in [6, 6.07) is 27.3. The largest absolute Gasteiger partial charge is 0.506 e. The molecule has 324 valence electrons. The summed E-state index contributed by atoms with van der Waals surface area (Å²) in [6.45, 7) is 11.1. The van der Waals surface area contributed by atoms with E-state index in [1.807, 2.05) is 66.7 Å². The van der Waals surface area contributed by atoms with Crippen molar-refractivity contribution in [3.63, 3.8) is 0 Å². The van der Waals surface area contributed by atoms with Gasteiger partial charge in [-0.3, -0.25) is 19.7 Å². The minimum absolute atomic E-state index is 0.0485. The smallest absolute Gasteiger partial charge is 0.411 e. The zero-order valence-electron chi connectivity index (χ0n) is 35.2. The molecule has 1 atom stereocenters. The average molecular weight is 841 g/mol. The number of nitrogens with one attached hydrogen (secondary N) is 4. The van der Waals surface area contributed by atoms with Crippen LogP contribution in [0.25, 0.3) is 34.2 Å². The van der Waals surface area contributed by atoms with Gasteiger partial charge in [0, 0.05) is 81.9 Å². The van der Waals surface area contributed by atoms with E-state index in [9.17, 15) is 29.4 Å². The number of pyridine rings is 1. The molecule has 2 heterocycles. The molecule has 4 aromatic carbocycles. The lowest BCUT2D eigenvalue weighted by Gasteiger charge is -2.31. The molecule has 0 radical (unpaired) electrons. The van der Waals surface area contributed by atoms with Gasteiger partial charge < -0.3 is 40.4 Å². The number of aromatic amines is 1. The van der Waals surface area contributed by atoms with Gasteiger partial charge in [-0.1, -0.05) is 79.9 Å². The Balaban J connectivity index is 0.875. The Labute approximate surface area is 362 Å². The molecule has 0 unspecified atom stereocenters. The van der Waals surface area contributed by atoms with E-state index >= 15 is 0 Å². The van der Waals surface area contributed by atoms with Gasteiger partial charge in [0.2, 0.25) is 17.4 Å². The van der Waals surface area contributed by atoms with Gasteiger partial charge in [-0.2, -0.15) is 0 Å². The van der Waals surface area contributed by atoms with Crippen LogP contribution in [0.1, 0.15) is 66.9 Å². The average Bonchev–Trinajstić information content (AvgIpc) is 3.28. The molecular formula is C49H56N6O7. The van der Waals surface area contributed by atoms with Crippen LogP contribution in [0.5, 0.6) is 5.75 Å². The number of likely N-dealkylation sites (tertiary alicyclic amines) is 1. The number of H-pyrrole nitrogens is 1. The molecule has 6 N–H and O–H groups in total. The second-order valence-corrected chi connectivity index (χ2v) is 15.5. The number of anilines is 2. The van der Waals surface area contributed by atoms with Crippen molar-refractivity contribution in [2.24, 2.45) is 0 Å². The molecule has 0 saturated carbocycles. The Kier molecular flexibility index (Phi) is 15.8. The second-order valence-electron chi connectivity index (χ2n) is 15.5. The Morgan fingerprint density at radius 2 is 1.65 bits per heavy atom. The van der Waals surface area contributed by atoms with E-state index in [-0.39, 0.29) is 47.7 Å².